The summed E-state index contributed by atoms with van der Waals surface area (Å²) in [4.78, 5) is 16.5. The highest BCUT2D eigenvalue weighted by Crippen LogP contribution is 2.30. The molecule has 3 rings (SSSR count). The van der Waals surface area contributed by atoms with Crippen LogP contribution in [0.2, 0.25) is 0 Å². The number of carbonyl (C=O) groups excluding carboxylic acids is 1. The molecule has 2 aliphatic heterocycles. The van der Waals surface area contributed by atoms with Crippen molar-refractivity contribution in [3.63, 3.8) is 0 Å². The molecule has 0 bridgehead atoms. The number of aryl methyl sites for hydroxylation is 2. The highest BCUT2D eigenvalue weighted by Gasteiger charge is 2.38. The van der Waals surface area contributed by atoms with E-state index in [0.29, 0.717) is 6.54 Å². The average Bonchev–Trinajstić information content (AvgIpc) is 2.86. The first-order valence-electron chi connectivity index (χ1n) is 8.66. The summed E-state index contributed by atoms with van der Waals surface area (Å²) in [6, 6.07) is 0. The van der Waals surface area contributed by atoms with E-state index in [9.17, 15) is 13.6 Å². The molecule has 0 radical (unpaired) electrons. The number of piperidine rings is 2. The van der Waals surface area contributed by atoms with Gasteiger partial charge in [0.1, 0.15) is 5.76 Å². The zero-order valence-corrected chi connectivity index (χ0v) is 14.4. The van der Waals surface area contributed by atoms with Crippen LogP contribution in [0.15, 0.2) is 4.52 Å². The maximum Gasteiger partial charge on any atom is 0.251 e. The molecule has 0 aromatic carbocycles. The minimum atomic E-state index is -2.61. The van der Waals surface area contributed by atoms with Gasteiger partial charge < -0.3 is 9.42 Å². The summed E-state index contributed by atoms with van der Waals surface area (Å²) >= 11 is 0. The molecule has 0 aliphatic carbocycles. The summed E-state index contributed by atoms with van der Waals surface area (Å²) in [7, 11) is 0. The van der Waals surface area contributed by atoms with Gasteiger partial charge in [0, 0.05) is 44.6 Å². The van der Waals surface area contributed by atoms with Crippen molar-refractivity contribution in [2.45, 2.75) is 52.0 Å². The Morgan fingerprint density at radius 2 is 2.00 bits per heavy atom. The third-order valence-electron chi connectivity index (χ3n) is 5.22. The van der Waals surface area contributed by atoms with Crippen LogP contribution in [0.1, 0.15) is 42.7 Å². The highest BCUT2D eigenvalue weighted by atomic mass is 19.3. The molecule has 0 spiro atoms. The second-order valence-electron chi connectivity index (χ2n) is 7.06. The Morgan fingerprint density at radius 1 is 1.29 bits per heavy atom. The van der Waals surface area contributed by atoms with Crippen LogP contribution in [-0.2, 0) is 11.3 Å². The van der Waals surface area contributed by atoms with Gasteiger partial charge in [-0.3, -0.25) is 9.69 Å². The highest BCUT2D eigenvalue weighted by molar-refractivity contribution is 5.79. The lowest BCUT2D eigenvalue weighted by molar-refractivity contribution is -0.143. The van der Waals surface area contributed by atoms with E-state index >= 15 is 0 Å². The smallest absolute Gasteiger partial charge is 0.251 e. The Kier molecular flexibility index (Phi) is 4.90. The van der Waals surface area contributed by atoms with E-state index in [0.717, 1.165) is 42.9 Å². The topological polar surface area (TPSA) is 49.6 Å². The van der Waals surface area contributed by atoms with Gasteiger partial charge >= 0.3 is 0 Å². The Bertz CT molecular complexity index is 573. The molecule has 1 aromatic heterocycles. The quantitative estimate of drug-likeness (QED) is 0.848. The zero-order chi connectivity index (χ0) is 17.3. The van der Waals surface area contributed by atoms with Gasteiger partial charge in [0.2, 0.25) is 5.91 Å². The summed E-state index contributed by atoms with van der Waals surface area (Å²) < 4.78 is 31.7. The molecule has 1 amide bonds. The van der Waals surface area contributed by atoms with Crippen LogP contribution in [0.25, 0.3) is 0 Å². The Morgan fingerprint density at radius 3 is 2.62 bits per heavy atom. The van der Waals surface area contributed by atoms with Gasteiger partial charge in [-0.2, -0.15) is 0 Å². The van der Waals surface area contributed by atoms with Gasteiger partial charge in [-0.1, -0.05) is 5.16 Å². The molecule has 134 valence electrons. The van der Waals surface area contributed by atoms with Gasteiger partial charge in [-0.25, -0.2) is 8.78 Å². The van der Waals surface area contributed by atoms with Crippen LogP contribution in [-0.4, -0.2) is 53.0 Å². The molecule has 0 saturated carbocycles. The van der Waals surface area contributed by atoms with Crippen molar-refractivity contribution in [1.82, 2.24) is 15.0 Å². The zero-order valence-electron chi connectivity index (χ0n) is 14.4. The number of amides is 1. The van der Waals surface area contributed by atoms with E-state index in [1.807, 2.05) is 13.8 Å². The SMILES string of the molecule is Cc1noc(C)c1CN1CCCC(C(=O)N2CCC(F)(F)CC2)C1. The van der Waals surface area contributed by atoms with Gasteiger partial charge in [-0.05, 0) is 33.2 Å². The fourth-order valence-electron chi connectivity index (χ4n) is 3.66. The van der Waals surface area contributed by atoms with E-state index in [-0.39, 0.29) is 37.8 Å². The molecule has 5 nitrogen and oxygen atoms in total. The predicted octanol–water partition coefficient (Wildman–Crippen LogP) is 2.76. The monoisotopic (exact) mass is 341 g/mol. The summed E-state index contributed by atoms with van der Waals surface area (Å²) in [6.45, 7) is 6.51. The molecule has 3 heterocycles. The summed E-state index contributed by atoms with van der Waals surface area (Å²) in [6.07, 6.45) is 1.36. The second kappa shape index (κ2) is 6.78. The minimum Gasteiger partial charge on any atom is -0.361 e. The van der Waals surface area contributed by atoms with Crippen LogP contribution in [0, 0.1) is 19.8 Å². The van der Waals surface area contributed by atoms with Crippen molar-refractivity contribution in [2.24, 2.45) is 5.92 Å². The Hall–Kier alpha value is -1.50. The van der Waals surface area contributed by atoms with E-state index in [1.165, 1.54) is 0 Å². The number of alkyl halides is 2. The fraction of sp³-hybridized carbons (Fsp3) is 0.765. The maximum absolute atomic E-state index is 13.3. The van der Waals surface area contributed by atoms with Crippen LogP contribution < -0.4 is 0 Å². The number of halogens is 2. The van der Waals surface area contributed by atoms with E-state index in [1.54, 1.807) is 4.90 Å². The first kappa shape index (κ1) is 17.3. The van der Waals surface area contributed by atoms with Crippen LogP contribution in [0.3, 0.4) is 0 Å². The molecule has 1 aromatic rings. The molecule has 1 unspecified atom stereocenters. The van der Waals surface area contributed by atoms with E-state index < -0.39 is 5.92 Å². The normalized spacial score (nSPS) is 25.0. The molecule has 2 aliphatic rings. The van der Waals surface area contributed by atoms with Crippen LogP contribution in [0.5, 0.6) is 0 Å². The van der Waals surface area contributed by atoms with Crippen molar-refractivity contribution >= 4 is 5.91 Å². The molecular weight excluding hydrogens is 316 g/mol. The Labute approximate surface area is 141 Å². The molecule has 1 atom stereocenters. The first-order valence-corrected chi connectivity index (χ1v) is 8.66. The molecule has 0 N–H and O–H groups in total. The minimum absolute atomic E-state index is 0.0361. The molecule has 2 saturated heterocycles. The fourth-order valence-corrected chi connectivity index (χ4v) is 3.66. The lowest BCUT2D eigenvalue weighted by atomic mass is 9.94. The summed E-state index contributed by atoms with van der Waals surface area (Å²) in [5, 5.41) is 3.97. The third kappa shape index (κ3) is 3.77. The van der Waals surface area contributed by atoms with E-state index in [2.05, 4.69) is 10.1 Å². The standard InChI is InChI=1S/C17H25F2N3O2/c1-12-15(13(2)24-20-12)11-21-7-3-4-14(10-21)16(23)22-8-5-17(18,19)6-9-22/h14H,3-11H2,1-2H3. The van der Waals surface area contributed by atoms with Crippen LogP contribution in [0.4, 0.5) is 8.78 Å². The maximum atomic E-state index is 13.3. The Balaban J connectivity index is 1.58. The third-order valence-corrected chi connectivity index (χ3v) is 5.22. The second-order valence-corrected chi connectivity index (χ2v) is 7.06. The van der Waals surface area contributed by atoms with Crippen LogP contribution >= 0.6 is 0 Å². The summed E-state index contributed by atoms with van der Waals surface area (Å²) in [5.74, 6) is -1.85. The summed E-state index contributed by atoms with van der Waals surface area (Å²) in [5.41, 5.74) is 1.97. The first-order chi connectivity index (χ1) is 11.4. The predicted molar refractivity (Wildman–Crippen MR) is 84.7 cm³/mol. The number of aromatic nitrogens is 1. The molecule has 24 heavy (non-hydrogen) atoms. The number of hydrogen-bond donors (Lipinski definition) is 0. The van der Waals surface area contributed by atoms with Crippen molar-refractivity contribution in [3.05, 3.63) is 17.0 Å². The van der Waals surface area contributed by atoms with Gasteiger partial charge in [0.05, 0.1) is 11.6 Å². The number of likely N-dealkylation sites (tertiary alicyclic amines) is 2. The van der Waals surface area contributed by atoms with Crippen molar-refractivity contribution in [1.29, 1.82) is 0 Å². The number of hydrogen-bond acceptors (Lipinski definition) is 4. The van der Waals surface area contributed by atoms with E-state index in [4.69, 9.17) is 4.52 Å². The lowest BCUT2D eigenvalue weighted by Gasteiger charge is -2.37. The number of rotatable bonds is 3. The van der Waals surface area contributed by atoms with Gasteiger partial charge in [0.25, 0.3) is 5.92 Å². The average molecular weight is 341 g/mol. The number of carbonyl (C=O) groups is 1. The van der Waals surface area contributed by atoms with Crippen molar-refractivity contribution in [3.8, 4) is 0 Å². The molecular formula is C17H25F2N3O2. The van der Waals surface area contributed by atoms with Crippen molar-refractivity contribution in [2.75, 3.05) is 26.2 Å². The molecule has 7 heteroatoms. The molecule has 2 fully saturated rings. The van der Waals surface area contributed by atoms with Crippen molar-refractivity contribution < 1.29 is 18.1 Å². The largest absolute Gasteiger partial charge is 0.361 e. The van der Waals surface area contributed by atoms with Gasteiger partial charge in [-0.15, -0.1) is 0 Å². The van der Waals surface area contributed by atoms with Gasteiger partial charge in [0.15, 0.2) is 0 Å². The number of nitrogens with zero attached hydrogens (tertiary/aromatic N) is 3. The lowest BCUT2D eigenvalue weighted by Crippen LogP contribution is -2.48.